The Morgan fingerprint density at radius 1 is 0.857 bits per heavy atom. The fraction of sp³-hybridized carbons (Fsp3) is 0. The molecule has 3 aromatic rings. The van der Waals surface area contributed by atoms with E-state index in [2.05, 4.69) is 17.1 Å². The molecule has 3 rings (SSSR count). The van der Waals surface area contributed by atoms with Gasteiger partial charge in [-0.05, 0) is 36.4 Å². The Hall–Kier alpha value is -2.44. The number of primary sulfonamides is 1. The highest BCUT2D eigenvalue weighted by Gasteiger charge is 2.04. The molecular weight excluding hydrogens is 286 g/mol. The van der Waals surface area contributed by atoms with Crippen molar-refractivity contribution in [3.05, 3.63) is 66.9 Å². The highest BCUT2D eigenvalue weighted by Crippen LogP contribution is 2.09. The van der Waals surface area contributed by atoms with Crippen LogP contribution in [-0.2, 0) is 10.0 Å². The standard InChI is InChI=1S/C9H7N.C6H8N2O2S/c1-2-6-9-8(4-1)5-3-7-10-9;7-5-1-3-6(4-2-5)11(8,9)10/h1-7H;1-4H,7H2,(H2,8,9,10). The molecule has 2 aromatic carbocycles. The second-order valence-corrected chi connectivity index (χ2v) is 5.87. The Balaban J connectivity index is 0.000000154. The number of pyridine rings is 1. The molecule has 0 saturated carbocycles. The zero-order valence-electron chi connectivity index (χ0n) is 11.2. The topological polar surface area (TPSA) is 99.1 Å². The van der Waals surface area contributed by atoms with E-state index in [0.29, 0.717) is 5.69 Å². The van der Waals surface area contributed by atoms with Crippen molar-refractivity contribution in [2.24, 2.45) is 5.14 Å². The summed E-state index contributed by atoms with van der Waals surface area (Å²) in [5.74, 6) is 0. The molecule has 1 heterocycles. The van der Waals surface area contributed by atoms with Crippen LogP contribution in [0.5, 0.6) is 0 Å². The van der Waals surface area contributed by atoms with Gasteiger partial charge in [-0.15, -0.1) is 0 Å². The lowest BCUT2D eigenvalue weighted by Crippen LogP contribution is -2.11. The predicted octanol–water partition coefficient (Wildman–Crippen LogP) is 2.15. The van der Waals surface area contributed by atoms with Crippen molar-refractivity contribution in [1.29, 1.82) is 0 Å². The molecule has 0 aliphatic heterocycles. The fourth-order valence-corrected chi connectivity index (χ4v) is 2.19. The summed E-state index contributed by atoms with van der Waals surface area (Å²) in [6.07, 6.45) is 1.81. The number of sulfonamides is 1. The highest BCUT2D eigenvalue weighted by atomic mass is 32.2. The summed E-state index contributed by atoms with van der Waals surface area (Å²) < 4.78 is 21.4. The van der Waals surface area contributed by atoms with Gasteiger partial charge in [-0.25, -0.2) is 13.6 Å². The van der Waals surface area contributed by atoms with Gasteiger partial charge in [0.05, 0.1) is 10.4 Å². The molecule has 0 aliphatic rings. The van der Waals surface area contributed by atoms with E-state index in [0.717, 1.165) is 5.52 Å². The molecule has 4 N–H and O–H groups in total. The van der Waals surface area contributed by atoms with Crippen LogP contribution >= 0.6 is 0 Å². The van der Waals surface area contributed by atoms with Crippen LogP contribution in [0.15, 0.2) is 71.8 Å². The Morgan fingerprint density at radius 3 is 2.10 bits per heavy atom. The van der Waals surface area contributed by atoms with Crippen molar-refractivity contribution >= 4 is 26.6 Å². The van der Waals surface area contributed by atoms with E-state index in [-0.39, 0.29) is 4.90 Å². The molecule has 0 atom stereocenters. The minimum absolute atomic E-state index is 0.0756. The zero-order valence-corrected chi connectivity index (χ0v) is 12.0. The van der Waals surface area contributed by atoms with Crippen LogP contribution in [-0.4, -0.2) is 13.4 Å². The van der Waals surface area contributed by atoms with Gasteiger partial charge in [0.2, 0.25) is 10.0 Å². The van der Waals surface area contributed by atoms with E-state index in [1.807, 2.05) is 30.5 Å². The largest absolute Gasteiger partial charge is 0.399 e. The van der Waals surface area contributed by atoms with Gasteiger partial charge in [-0.2, -0.15) is 0 Å². The molecule has 0 saturated heterocycles. The summed E-state index contributed by atoms with van der Waals surface area (Å²) in [4.78, 5) is 4.26. The molecule has 108 valence electrons. The van der Waals surface area contributed by atoms with Crippen molar-refractivity contribution in [2.45, 2.75) is 4.90 Å². The number of hydrogen-bond donors (Lipinski definition) is 2. The molecule has 5 nitrogen and oxygen atoms in total. The number of benzene rings is 2. The maximum atomic E-state index is 10.7. The summed E-state index contributed by atoms with van der Waals surface area (Å²) in [6.45, 7) is 0. The molecule has 0 amide bonds. The average molecular weight is 301 g/mol. The van der Waals surface area contributed by atoms with Gasteiger partial charge >= 0.3 is 0 Å². The average Bonchev–Trinajstić information content (AvgIpc) is 2.47. The summed E-state index contributed by atoms with van der Waals surface area (Å²) >= 11 is 0. The first-order chi connectivity index (χ1) is 9.97. The van der Waals surface area contributed by atoms with Crippen molar-refractivity contribution in [2.75, 3.05) is 5.73 Å². The van der Waals surface area contributed by atoms with E-state index in [4.69, 9.17) is 10.9 Å². The predicted molar refractivity (Wildman–Crippen MR) is 84.0 cm³/mol. The summed E-state index contributed by atoms with van der Waals surface area (Å²) in [5.41, 5.74) is 6.91. The number of nitrogens with two attached hydrogens (primary N) is 2. The van der Waals surface area contributed by atoms with Crippen molar-refractivity contribution in [3.63, 3.8) is 0 Å². The second kappa shape index (κ2) is 6.34. The van der Waals surface area contributed by atoms with Gasteiger partial charge in [-0.1, -0.05) is 24.3 Å². The SMILES string of the molecule is Nc1ccc(S(N)(=O)=O)cc1.c1ccc2ncccc2c1. The number of aromatic nitrogens is 1. The summed E-state index contributed by atoms with van der Waals surface area (Å²) in [7, 11) is -3.58. The van der Waals surface area contributed by atoms with Gasteiger partial charge in [0, 0.05) is 17.3 Å². The van der Waals surface area contributed by atoms with Crippen LogP contribution < -0.4 is 10.9 Å². The minimum Gasteiger partial charge on any atom is -0.399 e. The molecule has 1 aromatic heterocycles. The Labute approximate surface area is 123 Å². The van der Waals surface area contributed by atoms with Crippen LogP contribution in [0.4, 0.5) is 5.69 Å². The van der Waals surface area contributed by atoms with Gasteiger partial charge in [0.15, 0.2) is 0 Å². The van der Waals surface area contributed by atoms with Crippen LogP contribution in [0.1, 0.15) is 0 Å². The van der Waals surface area contributed by atoms with Crippen LogP contribution in [0.2, 0.25) is 0 Å². The van der Waals surface area contributed by atoms with Gasteiger partial charge in [0.1, 0.15) is 0 Å². The molecule has 0 radical (unpaired) electrons. The smallest absolute Gasteiger partial charge is 0.238 e. The first kappa shape index (κ1) is 15.0. The Kier molecular flexibility index (Phi) is 4.52. The van der Waals surface area contributed by atoms with E-state index in [9.17, 15) is 8.42 Å². The molecule has 0 fully saturated rings. The lowest BCUT2D eigenvalue weighted by atomic mass is 10.2. The number of nitrogens with zero attached hydrogens (tertiary/aromatic N) is 1. The quantitative estimate of drug-likeness (QED) is 0.673. The monoisotopic (exact) mass is 301 g/mol. The third kappa shape index (κ3) is 4.27. The molecule has 0 spiro atoms. The van der Waals surface area contributed by atoms with Crippen LogP contribution in [0, 0.1) is 0 Å². The molecular formula is C15H15N3O2S. The number of rotatable bonds is 1. The van der Waals surface area contributed by atoms with Gasteiger partial charge < -0.3 is 5.73 Å². The number of fused-ring (bicyclic) bond motifs is 1. The van der Waals surface area contributed by atoms with Gasteiger partial charge in [-0.3, -0.25) is 4.98 Å². The van der Waals surface area contributed by atoms with E-state index >= 15 is 0 Å². The van der Waals surface area contributed by atoms with Crippen molar-refractivity contribution < 1.29 is 8.42 Å². The molecule has 6 heteroatoms. The Bertz CT molecular complexity index is 765. The molecule has 0 bridgehead atoms. The number of para-hydroxylation sites is 1. The second-order valence-electron chi connectivity index (χ2n) is 4.31. The maximum absolute atomic E-state index is 10.7. The molecule has 21 heavy (non-hydrogen) atoms. The van der Waals surface area contributed by atoms with E-state index in [1.54, 1.807) is 0 Å². The third-order valence-electron chi connectivity index (χ3n) is 2.72. The van der Waals surface area contributed by atoms with E-state index in [1.165, 1.54) is 29.7 Å². The number of nitrogen functional groups attached to an aromatic ring is 1. The van der Waals surface area contributed by atoms with Gasteiger partial charge in [0.25, 0.3) is 0 Å². The maximum Gasteiger partial charge on any atom is 0.238 e. The zero-order chi connectivity index (χ0) is 15.3. The first-order valence-corrected chi connectivity index (χ1v) is 7.69. The fourth-order valence-electron chi connectivity index (χ4n) is 1.67. The minimum atomic E-state index is -3.58. The number of hydrogen-bond acceptors (Lipinski definition) is 4. The lowest BCUT2D eigenvalue weighted by Gasteiger charge is -1.96. The normalized spacial score (nSPS) is 10.7. The van der Waals surface area contributed by atoms with Crippen molar-refractivity contribution in [1.82, 2.24) is 4.98 Å². The first-order valence-electron chi connectivity index (χ1n) is 6.15. The Morgan fingerprint density at radius 2 is 1.48 bits per heavy atom. The summed E-state index contributed by atoms with van der Waals surface area (Å²) in [6, 6.07) is 17.8. The van der Waals surface area contributed by atoms with Crippen LogP contribution in [0.25, 0.3) is 10.9 Å². The molecule has 0 unspecified atom stereocenters. The number of anilines is 1. The van der Waals surface area contributed by atoms with Crippen LogP contribution in [0.3, 0.4) is 0 Å². The van der Waals surface area contributed by atoms with E-state index < -0.39 is 10.0 Å². The third-order valence-corrected chi connectivity index (χ3v) is 3.65. The van der Waals surface area contributed by atoms with Crippen molar-refractivity contribution in [3.8, 4) is 0 Å². The molecule has 0 aliphatic carbocycles. The lowest BCUT2D eigenvalue weighted by molar-refractivity contribution is 0.598. The highest BCUT2D eigenvalue weighted by molar-refractivity contribution is 7.89. The summed E-state index contributed by atoms with van der Waals surface area (Å²) in [5, 5.41) is 6.04.